The van der Waals surface area contributed by atoms with Gasteiger partial charge in [0.1, 0.15) is 0 Å². The van der Waals surface area contributed by atoms with E-state index in [0.29, 0.717) is 25.4 Å². The number of rotatable bonds is 11. The molecule has 0 spiro atoms. The fourth-order valence-corrected chi connectivity index (χ4v) is 1.91. The molecule has 0 aromatic rings. The van der Waals surface area contributed by atoms with E-state index in [-0.39, 0.29) is 19.1 Å². The summed E-state index contributed by atoms with van der Waals surface area (Å²) in [4.78, 5) is 0. The third-order valence-corrected chi connectivity index (χ3v) is 2.82. The van der Waals surface area contributed by atoms with Gasteiger partial charge in [-0.1, -0.05) is 13.8 Å². The first kappa shape index (κ1) is 19.7. The third-order valence-electron chi connectivity index (χ3n) is 2.82. The molecule has 0 aliphatic carbocycles. The molecular weight excluding hydrogens is 271 g/mol. The maximum Gasteiger partial charge on any atom is 0.389 e. The minimum Gasteiger partial charge on any atom is -0.389 e. The Morgan fingerprint density at radius 3 is 2.35 bits per heavy atom. The summed E-state index contributed by atoms with van der Waals surface area (Å²) in [6.45, 7) is 7.27. The molecule has 2 unspecified atom stereocenters. The van der Waals surface area contributed by atoms with Crippen molar-refractivity contribution in [3.05, 3.63) is 0 Å². The van der Waals surface area contributed by atoms with Crippen LogP contribution in [-0.2, 0) is 4.74 Å². The van der Waals surface area contributed by atoms with Gasteiger partial charge in [-0.15, -0.1) is 0 Å². The van der Waals surface area contributed by atoms with E-state index in [0.717, 1.165) is 6.42 Å². The standard InChI is InChI=1S/C14H28F3NO2/c1-11(2)8-12(3)20-10-13(19)9-18-7-5-4-6-14(15,16)17/h11-13,18-19H,4-10H2,1-3H3. The van der Waals surface area contributed by atoms with E-state index < -0.39 is 18.7 Å². The highest BCUT2D eigenvalue weighted by Crippen LogP contribution is 2.21. The van der Waals surface area contributed by atoms with Crippen molar-refractivity contribution in [1.82, 2.24) is 5.32 Å². The van der Waals surface area contributed by atoms with Gasteiger partial charge < -0.3 is 15.2 Å². The van der Waals surface area contributed by atoms with Crippen LogP contribution < -0.4 is 5.32 Å². The summed E-state index contributed by atoms with van der Waals surface area (Å²) in [7, 11) is 0. The number of hydrogen-bond donors (Lipinski definition) is 2. The van der Waals surface area contributed by atoms with Crippen LogP contribution in [0.2, 0.25) is 0 Å². The molecule has 20 heavy (non-hydrogen) atoms. The van der Waals surface area contributed by atoms with Crippen molar-refractivity contribution in [1.29, 1.82) is 0 Å². The summed E-state index contributed by atoms with van der Waals surface area (Å²) in [6, 6.07) is 0. The van der Waals surface area contributed by atoms with Gasteiger partial charge in [0.05, 0.1) is 18.8 Å². The highest BCUT2D eigenvalue weighted by atomic mass is 19.4. The predicted octanol–water partition coefficient (Wildman–Crippen LogP) is 3.12. The monoisotopic (exact) mass is 299 g/mol. The van der Waals surface area contributed by atoms with Gasteiger partial charge in [0.25, 0.3) is 0 Å². The molecule has 2 N–H and O–H groups in total. The van der Waals surface area contributed by atoms with Crippen molar-refractivity contribution >= 4 is 0 Å². The lowest BCUT2D eigenvalue weighted by Crippen LogP contribution is -2.32. The van der Waals surface area contributed by atoms with E-state index in [9.17, 15) is 18.3 Å². The Balaban J connectivity index is 3.43. The van der Waals surface area contributed by atoms with Gasteiger partial charge in [0.15, 0.2) is 0 Å². The Bertz CT molecular complexity index is 235. The van der Waals surface area contributed by atoms with Crippen LogP contribution in [0, 0.1) is 5.92 Å². The quantitative estimate of drug-likeness (QED) is 0.576. The van der Waals surface area contributed by atoms with Crippen molar-refractivity contribution in [2.75, 3.05) is 19.7 Å². The molecule has 0 aromatic heterocycles. The Morgan fingerprint density at radius 1 is 1.15 bits per heavy atom. The van der Waals surface area contributed by atoms with Crippen LogP contribution in [0.25, 0.3) is 0 Å². The van der Waals surface area contributed by atoms with E-state index in [1.807, 2.05) is 6.92 Å². The molecule has 0 fully saturated rings. The number of nitrogens with one attached hydrogen (secondary N) is 1. The lowest BCUT2D eigenvalue weighted by Gasteiger charge is -2.18. The summed E-state index contributed by atoms with van der Waals surface area (Å²) in [5.74, 6) is 0.550. The number of unbranched alkanes of at least 4 members (excludes halogenated alkanes) is 1. The van der Waals surface area contributed by atoms with Crippen LogP contribution in [0.5, 0.6) is 0 Å². The van der Waals surface area contributed by atoms with E-state index in [2.05, 4.69) is 19.2 Å². The van der Waals surface area contributed by atoms with E-state index in [4.69, 9.17) is 4.74 Å². The molecule has 0 saturated heterocycles. The normalized spacial score (nSPS) is 15.6. The second kappa shape index (κ2) is 10.4. The first-order chi connectivity index (χ1) is 9.20. The van der Waals surface area contributed by atoms with Gasteiger partial charge in [0, 0.05) is 13.0 Å². The second-order valence-electron chi connectivity index (χ2n) is 5.70. The molecule has 0 aliphatic heterocycles. The molecule has 0 aliphatic rings. The van der Waals surface area contributed by atoms with Crippen LogP contribution in [0.15, 0.2) is 0 Å². The predicted molar refractivity (Wildman–Crippen MR) is 73.7 cm³/mol. The second-order valence-corrected chi connectivity index (χ2v) is 5.70. The van der Waals surface area contributed by atoms with Gasteiger partial charge in [-0.2, -0.15) is 13.2 Å². The largest absolute Gasteiger partial charge is 0.389 e. The maximum atomic E-state index is 11.9. The molecule has 0 saturated carbocycles. The highest BCUT2D eigenvalue weighted by Gasteiger charge is 2.25. The number of halogens is 3. The molecule has 0 rings (SSSR count). The van der Waals surface area contributed by atoms with Gasteiger partial charge in [-0.05, 0) is 38.6 Å². The van der Waals surface area contributed by atoms with Gasteiger partial charge in [0.2, 0.25) is 0 Å². The Kier molecular flexibility index (Phi) is 10.2. The van der Waals surface area contributed by atoms with Crippen molar-refractivity contribution < 1.29 is 23.0 Å². The van der Waals surface area contributed by atoms with Crippen molar-refractivity contribution in [2.45, 2.75) is 64.8 Å². The minimum atomic E-state index is -4.07. The van der Waals surface area contributed by atoms with Crippen LogP contribution >= 0.6 is 0 Å². The Hall–Kier alpha value is -0.330. The topological polar surface area (TPSA) is 41.5 Å². The van der Waals surface area contributed by atoms with Crippen LogP contribution in [-0.4, -0.2) is 43.2 Å². The first-order valence-corrected chi connectivity index (χ1v) is 7.28. The lowest BCUT2D eigenvalue weighted by atomic mass is 10.1. The number of aliphatic hydroxyl groups excluding tert-OH is 1. The summed E-state index contributed by atoms with van der Waals surface area (Å²) in [5, 5.41) is 12.6. The van der Waals surface area contributed by atoms with Crippen molar-refractivity contribution in [3.8, 4) is 0 Å². The summed E-state index contributed by atoms with van der Waals surface area (Å²) in [6.07, 6.45) is -3.81. The number of ether oxygens (including phenoxy) is 1. The van der Waals surface area contributed by atoms with Crippen LogP contribution in [0.1, 0.15) is 46.5 Å². The first-order valence-electron chi connectivity index (χ1n) is 7.28. The smallest absolute Gasteiger partial charge is 0.389 e. The van der Waals surface area contributed by atoms with Crippen LogP contribution in [0.3, 0.4) is 0 Å². The summed E-state index contributed by atoms with van der Waals surface area (Å²) in [5.41, 5.74) is 0. The van der Waals surface area contributed by atoms with Gasteiger partial charge >= 0.3 is 6.18 Å². The SMILES string of the molecule is CC(C)CC(C)OCC(O)CNCCCCC(F)(F)F. The minimum absolute atomic E-state index is 0.108. The Morgan fingerprint density at radius 2 is 1.80 bits per heavy atom. The van der Waals surface area contributed by atoms with Crippen molar-refractivity contribution in [2.24, 2.45) is 5.92 Å². The molecule has 122 valence electrons. The molecule has 6 heteroatoms. The average molecular weight is 299 g/mol. The molecule has 0 bridgehead atoms. The van der Waals surface area contributed by atoms with E-state index >= 15 is 0 Å². The number of aliphatic hydroxyl groups is 1. The zero-order valence-corrected chi connectivity index (χ0v) is 12.7. The molecule has 0 amide bonds. The highest BCUT2D eigenvalue weighted by molar-refractivity contribution is 4.61. The molecule has 0 heterocycles. The zero-order valence-electron chi connectivity index (χ0n) is 12.7. The number of alkyl halides is 3. The third kappa shape index (κ3) is 14.1. The fourth-order valence-electron chi connectivity index (χ4n) is 1.91. The van der Waals surface area contributed by atoms with Crippen LogP contribution in [0.4, 0.5) is 13.2 Å². The molecule has 3 nitrogen and oxygen atoms in total. The molecule has 2 atom stereocenters. The van der Waals surface area contributed by atoms with Gasteiger partial charge in [-0.25, -0.2) is 0 Å². The van der Waals surface area contributed by atoms with E-state index in [1.165, 1.54) is 0 Å². The lowest BCUT2D eigenvalue weighted by molar-refractivity contribution is -0.135. The maximum absolute atomic E-state index is 11.9. The fraction of sp³-hybridized carbons (Fsp3) is 1.00. The molecule has 0 radical (unpaired) electrons. The van der Waals surface area contributed by atoms with Gasteiger partial charge in [-0.3, -0.25) is 0 Å². The number of hydrogen-bond acceptors (Lipinski definition) is 3. The zero-order chi connectivity index (χ0) is 15.6. The summed E-state index contributed by atoms with van der Waals surface area (Å²) < 4.78 is 41.1. The molecule has 0 aromatic carbocycles. The Labute approximate surface area is 119 Å². The molecular formula is C14H28F3NO2. The summed E-state index contributed by atoms with van der Waals surface area (Å²) >= 11 is 0. The average Bonchev–Trinajstić information content (AvgIpc) is 2.28. The van der Waals surface area contributed by atoms with E-state index in [1.54, 1.807) is 0 Å². The van der Waals surface area contributed by atoms with Crippen molar-refractivity contribution in [3.63, 3.8) is 0 Å².